The topological polar surface area (TPSA) is 12.0 Å². The van der Waals surface area contributed by atoms with Gasteiger partial charge in [0.25, 0.3) is 0 Å². The van der Waals surface area contributed by atoms with Gasteiger partial charge in [-0.2, -0.15) is 0 Å². The Hall–Kier alpha value is -1.90. The van der Waals surface area contributed by atoms with Gasteiger partial charge in [-0.15, -0.1) is 0 Å². The molecule has 100 valence electrons. The van der Waals surface area contributed by atoms with Crippen molar-refractivity contribution in [3.8, 4) is 0 Å². The first-order chi connectivity index (χ1) is 9.00. The van der Waals surface area contributed by atoms with Gasteiger partial charge in [0.1, 0.15) is 11.5 Å². The van der Waals surface area contributed by atoms with Crippen LogP contribution in [0.15, 0.2) is 30.3 Å². The molecule has 2 rings (SSSR count). The first kappa shape index (κ1) is 13.5. The molecule has 0 radical (unpaired) electrons. The summed E-state index contributed by atoms with van der Waals surface area (Å²) in [7, 11) is 0. The maximum absolute atomic E-state index is 13.9. The molecule has 2 aromatic rings. The molecular formula is C16H17F2N. The van der Waals surface area contributed by atoms with Crippen LogP contribution in [0.2, 0.25) is 0 Å². The maximum atomic E-state index is 13.9. The van der Waals surface area contributed by atoms with Crippen LogP contribution in [0.3, 0.4) is 0 Å². The molecule has 0 aliphatic rings. The molecule has 19 heavy (non-hydrogen) atoms. The van der Waals surface area contributed by atoms with Gasteiger partial charge in [-0.1, -0.05) is 24.3 Å². The Labute approximate surface area is 112 Å². The van der Waals surface area contributed by atoms with E-state index >= 15 is 0 Å². The molecule has 0 spiro atoms. The highest BCUT2D eigenvalue weighted by Gasteiger charge is 2.11. The summed E-state index contributed by atoms with van der Waals surface area (Å²) in [6, 6.07) is 8.68. The third-order valence-corrected chi connectivity index (χ3v) is 3.37. The molecule has 0 saturated heterocycles. The number of anilines is 1. The summed E-state index contributed by atoms with van der Waals surface area (Å²) in [5, 5.41) is 2.87. The lowest BCUT2D eigenvalue weighted by molar-refractivity contribution is 0.582. The van der Waals surface area contributed by atoms with Crippen LogP contribution in [0.25, 0.3) is 0 Å². The Morgan fingerprint density at radius 2 is 1.53 bits per heavy atom. The molecule has 0 aliphatic heterocycles. The summed E-state index contributed by atoms with van der Waals surface area (Å²) in [6.07, 6.45) is 0. The molecule has 0 fully saturated rings. The second-order valence-corrected chi connectivity index (χ2v) is 4.78. The zero-order valence-corrected chi connectivity index (χ0v) is 11.3. The van der Waals surface area contributed by atoms with Gasteiger partial charge in [-0.3, -0.25) is 0 Å². The molecule has 2 aromatic carbocycles. The summed E-state index contributed by atoms with van der Waals surface area (Å²) in [4.78, 5) is 0. The van der Waals surface area contributed by atoms with Gasteiger partial charge >= 0.3 is 0 Å². The molecule has 0 amide bonds. The third-order valence-electron chi connectivity index (χ3n) is 3.37. The van der Waals surface area contributed by atoms with Crippen molar-refractivity contribution < 1.29 is 8.78 Å². The first-order valence-electron chi connectivity index (χ1n) is 6.24. The smallest absolute Gasteiger partial charge is 0.152 e. The minimum atomic E-state index is -0.561. The van der Waals surface area contributed by atoms with Crippen molar-refractivity contribution in [3.05, 3.63) is 64.2 Å². The van der Waals surface area contributed by atoms with E-state index in [1.807, 2.05) is 32.0 Å². The lowest BCUT2D eigenvalue weighted by Gasteiger charge is -2.13. The van der Waals surface area contributed by atoms with Crippen LogP contribution in [0, 0.1) is 32.4 Å². The van der Waals surface area contributed by atoms with Gasteiger partial charge in [0.2, 0.25) is 0 Å². The fourth-order valence-corrected chi connectivity index (χ4v) is 2.12. The quantitative estimate of drug-likeness (QED) is 0.857. The van der Waals surface area contributed by atoms with E-state index < -0.39 is 11.6 Å². The number of rotatable bonds is 3. The van der Waals surface area contributed by atoms with E-state index in [-0.39, 0.29) is 5.69 Å². The van der Waals surface area contributed by atoms with Crippen molar-refractivity contribution in [2.45, 2.75) is 27.3 Å². The second kappa shape index (κ2) is 5.39. The van der Waals surface area contributed by atoms with E-state index in [1.165, 1.54) is 12.1 Å². The maximum Gasteiger partial charge on any atom is 0.152 e. The zero-order chi connectivity index (χ0) is 14.0. The molecular weight excluding hydrogens is 244 g/mol. The number of benzene rings is 2. The summed E-state index contributed by atoms with van der Waals surface area (Å²) >= 11 is 0. The predicted molar refractivity (Wildman–Crippen MR) is 74.3 cm³/mol. The van der Waals surface area contributed by atoms with Gasteiger partial charge in [0.15, 0.2) is 5.82 Å². The van der Waals surface area contributed by atoms with Crippen molar-refractivity contribution in [2.24, 2.45) is 0 Å². The van der Waals surface area contributed by atoms with E-state index in [4.69, 9.17) is 0 Å². The largest absolute Gasteiger partial charge is 0.376 e. The zero-order valence-electron chi connectivity index (χ0n) is 11.3. The summed E-state index contributed by atoms with van der Waals surface area (Å²) in [6.45, 7) is 6.02. The Morgan fingerprint density at radius 3 is 2.16 bits per heavy atom. The normalized spacial score (nSPS) is 10.6. The molecule has 0 unspecified atom stereocenters. The molecule has 1 N–H and O–H groups in total. The van der Waals surface area contributed by atoms with Crippen molar-refractivity contribution in [2.75, 3.05) is 5.32 Å². The van der Waals surface area contributed by atoms with Crippen molar-refractivity contribution in [1.82, 2.24) is 0 Å². The molecule has 3 heteroatoms. The molecule has 0 heterocycles. The van der Waals surface area contributed by atoms with Crippen molar-refractivity contribution in [3.63, 3.8) is 0 Å². The van der Waals surface area contributed by atoms with Crippen LogP contribution in [-0.2, 0) is 6.54 Å². The summed E-state index contributed by atoms with van der Waals surface area (Å²) in [5.74, 6) is -1.08. The lowest BCUT2D eigenvalue weighted by Crippen LogP contribution is -2.07. The monoisotopic (exact) mass is 261 g/mol. The molecule has 0 bridgehead atoms. The highest BCUT2D eigenvalue weighted by molar-refractivity contribution is 5.50. The van der Waals surface area contributed by atoms with E-state index in [2.05, 4.69) is 5.32 Å². The minimum Gasteiger partial charge on any atom is -0.376 e. The minimum absolute atomic E-state index is 0.0531. The van der Waals surface area contributed by atoms with Gasteiger partial charge in [0.05, 0.1) is 0 Å². The van der Waals surface area contributed by atoms with E-state index in [0.29, 0.717) is 12.1 Å². The van der Waals surface area contributed by atoms with Crippen molar-refractivity contribution >= 4 is 5.69 Å². The molecule has 1 nitrogen and oxygen atoms in total. The molecule has 0 atom stereocenters. The average molecular weight is 261 g/mol. The number of hydrogen-bond acceptors (Lipinski definition) is 1. The van der Waals surface area contributed by atoms with Crippen LogP contribution < -0.4 is 5.32 Å². The van der Waals surface area contributed by atoms with E-state index in [0.717, 1.165) is 16.7 Å². The van der Waals surface area contributed by atoms with Crippen molar-refractivity contribution in [1.29, 1.82) is 0 Å². The number of nitrogens with one attached hydrogen (secondary N) is 1. The highest BCUT2D eigenvalue weighted by atomic mass is 19.1. The Morgan fingerprint density at radius 1 is 0.895 bits per heavy atom. The SMILES string of the molecule is Cc1ccc(F)c(NCc2c(C)cccc2C)c1F. The Kier molecular flexibility index (Phi) is 3.84. The van der Waals surface area contributed by atoms with Gasteiger partial charge in [-0.05, 0) is 49.1 Å². The van der Waals surface area contributed by atoms with Crippen LogP contribution in [0.1, 0.15) is 22.3 Å². The van der Waals surface area contributed by atoms with Crippen LogP contribution >= 0.6 is 0 Å². The van der Waals surface area contributed by atoms with Gasteiger partial charge in [-0.25, -0.2) is 8.78 Å². The van der Waals surface area contributed by atoms with Crippen LogP contribution in [0.5, 0.6) is 0 Å². The average Bonchev–Trinajstić information content (AvgIpc) is 2.37. The number of aryl methyl sites for hydroxylation is 3. The lowest BCUT2D eigenvalue weighted by atomic mass is 10.0. The molecule has 0 saturated carbocycles. The summed E-state index contributed by atoms with van der Waals surface area (Å²) < 4.78 is 27.5. The Balaban J connectivity index is 2.27. The molecule has 0 aliphatic carbocycles. The standard InChI is InChI=1S/C16H17F2N/c1-10-5-4-6-11(2)13(10)9-19-16-14(17)8-7-12(3)15(16)18/h4-8,19H,9H2,1-3H3. The first-order valence-corrected chi connectivity index (χ1v) is 6.24. The van der Waals surface area contributed by atoms with Gasteiger partial charge in [0, 0.05) is 6.54 Å². The summed E-state index contributed by atoms with van der Waals surface area (Å²) in [5.41, 5.74) is 3.68. The predicted octanol–water partition coefficient (Wildman–Crippen LogP) is 4.50. The Bertz CT molecular complexity index is 586. The fourth-order valence-electron chi connectivity index (χ4n) is 2.12. The number of halogens is 2. The van der Waals surface area contributed by atoms with E-state index in [1.54, 1.807) is 6.92 Å². The van der Waals surface area contributed by atoms with Crippen LogP contribution in [0.4, 0.5) is 14.5 Å². The number of hydrogen-bond donors (Lipinski definition) is 1. The third kappa shape index (κ3) is 2.75. The highest BCUT2D eigenvalue weighted by Crippen LogP contribution is 2.23. The molecule has 0 aromatic heterocycles. The van der Waals surface area contributed by atoms with Crippen LogP contribution in [-0.4, -0.2) is 0 Å². The van der Waals surface area contributed by atoms with Gasteiger partial charge < -0.3 is 5.32 Å². The second-order valence-electron chi connectivity index (χ2n) is 4.78. The fraction of sp³-hybridized carbons (Fsp3) is 0.250. The van der Waals surface area contributed by atoms with E-state index in [9.17, 15) is 8.78 Å².